The summed E-state index contributed by atoms with van der Waals surface area (Å²) >= 11 is 6.91. The van der Waals surface area contributed by atoms with Crippen LogP contribution in [0.5, 0.6) is 17.2 Å². The number of nitrogens with zero attached hydrogens (tertiary/aromatic N) is 1. The van der Waals surface area contributed by atoms with Crippen molar-refractivity contribution in [3.63, 3.8) is 0 Å². The maximum atomic E-state index is 12.8. The van der Waals surface area contributed by atoms with E-state index in [-0.39, 0.29) is 12.5 Å². The molecule has 4 aromatic rings. The van der Waals surface area contributed by atoms with Gasteiger partial charge < -0.3 is 19.5 Å². The van der Waals surface area contributed by atoms with E-state index in [1.165, 1.54) is 13.3 Å². The van der Waals surface area contributed by atoms with Gasteiger partial charge in [0.1, 0.15) is 12.4 Å². The first-order valence-corrected chi connectivity index (χ1v) is 14.1. The van der Waals surface area contributed by atoms with E-state index in [4.69, 9.17) is 14.2 Å². The van der Waals surface area contributed by atoms with Gasteiger partial charge in [0.05, 0.1) is 17.8 Å². The number of hydrazone groups is 1. The monoisotopic (exact) mass is 679 g/mol. The summed E-state index contributed by atoms with van der Waals surface area (Å²) in [6, 6.07) is 25.7. The average Bonchev–Trinajstić information content (AvgIpc) is 2.97. The van der Waals surface area contributed by atoms with E-state index in [1.807, 2.05) is 61.5 Å². The number of hydrogen-bond acceptors (Lipinski definition) is 6. The molecule has 0 atom stereocenters. The van der Waals surface area contributed by atoms with Gasteiger partial charge in [0.15, 0.2) is 18.1 Å². The molecule has 8 nitrogen and oxygen atoms in total. The molecular formula is C31H27Br2N3O5. The van der Waals surface area contributed by atoms with Crippen molar-refractivity contribution >= 4 is 55.6 Å². The predicted octanol–water partition coefficient (Wildman–Crippen LogP) is 6.89. The van der Waals surface area contributed by atoms with E-state index in [1.54, 1.807) is 30.3 Å². The molecule has 10 heteroatoms. The highest BCUT2D eigenvalue weighted by molar-refractivity contribution is 9.11. The van der Waals surface area contributed by atoms with Crippen LogP contribution in [0.3, 0.4) is 0 Å². The molecule has 0 spiro atoms. The second-order valence-corrected chi connectivity index (χ2v) is 10.6. The van der Waals surface area contributed by atoms with Gasteiger partial charge in [-0.15, -0.1) is 0 Å². The van der Waals surface area contributed by atoms with Crippen LogP contribution < -0.4 is 25.0 Å². The zero-order valence-corrected chi connectivity index (χ0v) is 25.5. The number of hydrogen-bond donors (Lipinski definition) is 2. The summed E-state index contributed by atoms with van der Waals surface area (Å²) in [6.45, 7) is 2.12. The number of carbonyl (C=O) groups excluding carboxylic acids is 2. The number of aryl methyl sites for hydroxylation is 1. The summed E-state index contributed by atoms with van der Waals surface area (Å²) in [6.07, 6.45) is 1.44. The molecule has 0 saturated carbocycles. The number of benzene rings is 4. The fourth-order valence-corrected chi connectivity index (χ4v) is 5.06. The van der Waals surface area contributed by atoms with Crippen molar-refractivity contribution in [3.05, 3.63) is 116 Å². The van der Waals surface area contributed by atoms with Crippen LogP contribution in [0.2, 0.25) is 0 Å². The first kappa shape index (κ1) is 29.8. The summed E-state index contributed by atoms with van der Waals surface area (Å²) in [7, 11) is 1.51. The van der Waals surface area contributed by atoms with E-state index < -0.39 is 5.91 Å². The standard InChI is InChI=1S/C31H27Br2N3O5/c1-20-8-11-25(12-9-20)35-29(37)19-41-30-23(14-24(32)16-26(30)33)17-34-36-31(38)22-10-13-27(28(15-22)39-2)40-18-21-6-4-3-5-7-21/h3-17H,18-19H2,1-2H3,(H,35,37)(H,36,38)/b34-17+. The fraction of sp³-hybridized carbons (Fsp3) is 0.129. The zero-order valence-electron chi connectivity index (χ0n) is 22.3. The van der Waals surface area contributed by atoms with Crippen molar-refractivity contribution < 1.29 is 23.8 Å². The Morgan fingerprint density at radius 3 is 2.39 bits per heavy atom. The average molecular weight is 681 g/mol. The SMILES string of the molecule is COc1cc(C(=O)N/N=C/c2cc(Br)cc(Br)c2OCC(=O)Nc2ccc(C)cc2)ccc1OCc1ccccc1. The molecule has 2 amide bonds. The normalized spacial score (nSPS) is 10.7. The van der Waals surface area contributed by atoms with Crippen molar-refractivity contribution in [2.45, 2.75) is 13.5 Å². The van der Waals surface area contributed by atoms with Gasteiger partial charge in [-0.1, -0.05) is 64.0 Å². The maximum absolute atomic E-state index is 12.8. The van der Waals surface area contributed by atoms with Crippen LogP contribution in [0.25, 0.3) is 0 Å². The van der Waals surface area contributed by atoms with Crippen LogP contribution in [-0.4, -0.2) is 31.7 Å². The predicted molar refractivity (Wildman–Crippen MR) is 166 cm³/mol. The first-order chi connectivity index (χ1) is 19.8. The molecule has 0 aliphatic carbocycles. The molecule has 210 valence electrons. The minimum absolute atomic E-state index is 0.222. The van der Waals surface area contributed by atoms with Crippen molar-refractivity contribution in [3.8, 4) is 17.2 Å². The molecule has 0 aliphatic heterocycles. The third-order valence-corrected chi connectivity index (χ3v) is 6.80. The lowest BCUT2D eigenvalue weighted by Gasteiger charge is -2.13. The third-order valence-electron chi connectivity index (χ3n) is 5.75. The van der Waals surface area contributed by atoms with Crippen LogP contribution in [0.15, 0.2) is 99.0 Å². The Kier molecular flexibility index (Phi) is 10.5. The van der Waals surface area contributed by atoms with Crippen molar-refractivity contribution in [2.24, 2.45) is 5.10 Å². The second-order valence-electron chi connectivity index (χ2n) is 8.85. The number of rotatable bonds is 11. The Morgan fingerprint density at radius 1 is 0.902 bits per heavy atom. The summed E-state index contributed by atoms with van der Waals surface area (Å²) < 4.78 is 18.5. The molecule has 0 unspecified atom stereocenters. The van der Waals surface area contributed by atoms with E-state index in [2.05, 4.69) is 47.7 Å². The lowest BCUT2D eigenvalue weighted by molar-refractivity contribution is -0.118. The first-order valence-electron chi connectivity index (χ1n) is 12.5. The highest BCUT2D eigenvalue weighted by Gasteiger charge is 2.14. The van der Waals surface area contributed by atoms with Crippen molar-refractivity contribution in [1.82, 2.24) is 5.43 Å². The van der Waals surface area contributed by atoms with E-state index in [9.17, 15) is 9.59 Å². The quantitative estimate of drug-likeness (QED) is 0.133. The van der Waals surface area contributed by atoms with Crippen molar-refractivity contribution in [2.75, 3.05) is 19.0 Å². The van der Waals surface area contributed by atoms with Crippen LogP contribution >= 0.6 is 31.9 Å². The zero-order chi connectivity index (χ0) is 29.2. The minimum Gasteiger partial charge on any atom is -0.493 e. The minimum atomic E-state index is -0.442. The van der Waals surface area contributed by atoms with Gasteiger partial charge in [-0.05, 0) is 70.9 Å². The molecule has 41 heavy (non-hydrogen) atoms. The van der Waals surface area contributed by atoms with Crippen LogP contribution in [0.4, 0.5) is 5.69 Å². The Morgan fingerprint density at radius 2 is 1.66 bits per heavy atom. The molecule has 0 heterocycles. The Balaban J connectivity index is 1.39. The topological polar surface area (TPSA) is 98.3 Å². The largest absolute Gasteiger partial charge is 0.493 e. The van der Waals surface area contributed by atoms with Crippen molar-refractivity contribution in [1.29, 1.82) is 0 Å². The molecule has 0 aliphatic rings. The van der Waals surface area contributed by atoms with Gasteiger partial charge in [0.2, 0.25) is 0 Å². The summed E-state index contributed by atoms with van der Waals surface area (Å²) in [5.74, 6) is 0.580. The van der Waals surface area contributed by atoms with Gasteiger partial charge in [0.25, 0.3) is 11.8 Å². The number of carbonyl (C=O) groups is 2. The van der Waals surface area contributed by atoms with Gasteiger partial charge in [0, 0.05) is 21.3 Å². The number of amides is 2. The lowest BCUT2D eigenvalue weighted by Crippen LogP contribution is -2.21. The molecule has 0 fully saturated rings. The van der Waals surface area contributed by atoms with Gasteiger partial charge in [-0.3, -0.25) is 9.59 Å². The van der Waals surface area contributed by atoms with Gasteiger partial charge in [-0.2, -0.15) is 5.10 Å². The van der Waals surface area contributed by atoms with Crippen LogP contribution in [0.1, 0.15) is 27.0 Å². The van der Waals surface area contributed by atoms with E-state index >= 15 is 0 Å². The summed E-state index contributed by atoms with van der Waals surface area (Å²) in [5, 5.41) is 6.90. The smallest absolute Gasteiger partial charge is 0.271 e. The third kappa shape index (κ3) is 8.67. The number of ether oxygens (including phenoxy) is 3. The van der Waals surface area contributed by atoms with Crippen LogP contribution in [0, 0.1) is 6.92 Å². The molecule has 0 aromatic heterocycles. The molecular weight excluding hydrogens is 654 g/mol. The highest BCUT2D eigenvalue weighted by atomic mass is 79.9. The number of nitrogens with one attached hydrogen (secondary N) is 2. The Labute approximate surface area is 255 Å². The summed E-state index contributed by atoms with van der Waals surface area (Å²) in [5.41, 5.74) is 6.18. The second kappa shape index (κ2) is 14.5. The number of methoxy groups -OCH3 is 1. The maximum Gasteiger partial charge on any atom is 0.271 e. The lowest BCUT2D eigenvalue weighted by atomic mass is 10.2. The highest BCUT2D eigenvalue weighted by Crippen LogP contribution is 2.32. The fourth-order valence-electron chi connectivity index (χ4n) is 3.69. The Hall–Kier alpha value is -4.15. The van der Waals surface area contributed by atoms with Crippen LogP contribution in [-0.2, 0) is 11.4 Å². The Bertz CT molecular complexity index is 1540. The number of halogens is 2. The number of anilines is 1. The molecule has 0 bridgehead atoms. The molecule has 2 N–H and O–H groups in total. The summed E-state index contributed by atoms with van der Waals surface area (Å²) in [4.78, 5) is 25.2. The molecule has 0 saturated heterocycles. The van der Waals surface area contributed by atoms with E-state index in [0.29, 0.717) is 45.1 Å². The van der Waals surface area contributed by atoms with E-state index in [0.717, 1.165) is 15.6 Å². The molecule has 0 radical (unpaired) electrons. The molecule has 4 aromatic carbocycles. The van der Waals surface area contributed by atoms with Gasteiger partial charge in [-0.25, -0.2) is 5.43 Å². The van der Waals surface area contributed by atoms with Gasteiger partial charge >= 0.3 is 0 Å². The molecule has 4 rings (SSSR count).